The molecular weight excluding hydrogens is 241 g/mol. The highest BCUT2D eigenvalue weighted by Gasteiger charge is 2.52. The van der Waals surface area contributed by atoms with Gasteiger partial charge in [0.1, 0.15) is 6.29 Å². The Balaban J connectivity index is 2.45. The Morgan fingerprint density at radius 3 is 2.16 bits per heavy atom. The Kier molecular flexibility index (Phi) is 3.23. The molecule has 102 valence electrons. The molecule has 1 aromatic rings. The van der Waals surface area contributed by atoms with E-state index < -0.39 is 18.3 Å². The molecule has 1 aromatic carbocycles. The maximum absolute atomic E-state index is 11.1. The number of carbonyl (C=O) groups excluding carboxylic acids is 1. The van der Waals surface area contributed by atoms with Gasteiger partial charge in [-0.3, -0.25) is 4.79 Å². The summed E-state index contributed by atoms with van der Waals surface area (Å²) in [6.07, 6.45) is 0.806. The molecule has 0 spiro atoms. The van der Waals surface area contributed by atoms with Gasteiger partial charge >= 0.3 is 7.12 Å². The molecule has 1 heterocycles. The number of nitrogen functional groups attached to an aromatic ring is 1. The number of carbonyl (C=O) groups is 1. The van der Waals surface area contributed by atoms with Crippen molar-refractivity contribution in [1.82, 2.24) is 0 Å². The van der Waals surface area contributed by atoms with Gasteiger partial charge in [0, 0.05) is 11.3 Å². The van der Waals surface area contributed by atoms with Crippen molar-refractivity contribution in [2.75, 3.05) is 5.73 Å². The van der Waals surface area contributed by atoms with Crippen LogP contribution in [0.2, 0.25) is 0 Å². The van der Waals surface area contributed by atoms with Gasteiger partial charge in [-0.15, -0.1) is 0 Å². The molecule has 1 fully saturated rings. The lowest BCUT2D eigenvalue weighted by Crippen LogP contribution is -2.41. The Morgan fingerprint density at radius 2 is 1.68 bits per heavy atom. The first-order chi connectivity index (χ1) is 8.68. The van der Waals surface area contributed by atoms with E-state index in [1.807, 2.05) is 40.7 Å². The van der Waals surface area contributed by atoms with Crippen LogP contribution in [0.1, 0.15) is 43.6 Å². The van der Waals surface area contributed by atoms with E-state index in [1.165, 1.54) is 0 Å². The Hall–Kier alpha value is -1.33. The maximum Gasteiger partial charge on any atom is 0.495 e. The summed E-state index contributed by atoms with van der Waals surface area (Å²) in [7, 11) is -0.493. The summed E-state index contributed by atoms with van der Waals surface area (Å²) < 4.78 is 12.0. The molecule has 1 aliphatic rings. The predicted molar refractivity (Wildman–Crippen MR) is 76.7 cm³/mol. The Labute approximate surface area is 114 Å². The van der Waals surface area contributed by atoms with E-state index >= 15 is 0 Å². The van der Waals surface area contributed by atoms with Crippen molar-refractivity contribution >= 4 is 24.6 Å². The fraction of sp³-hybridized carbons (Fsp3) is 0.500. The molecule has 0 saturated carbocycles. The van der Waals surface area contributed by atoms with Crippen LogP contribution in [0.15, 0.2) is 12.1 Å². The van der Waals surface area contributed by atoms with E-state index in [0.717, 1.165) is 17.3 Å². The molecule has 2 N–H and O–H groups in total. The van der Waals surface area contributed by atoms with Gasteiger partial charge < -0.3 is 15.0 Å². The van der Waals surface area contributed by atoms with Crippen molar-refractivity contribution in [2.24, 2.45) is 0 Å². The van der Waals surface area contributed by atoms with E-state index in [9.17, 15) is 4.79 Å². The first kappa shape index (κ1) is 14.1. The second-order valence-electron chi connectivity index (χ2n) is 6.03. The summed E-state index contributed by atoms with van der Waals surface area (Å²) in [5.74, 6) is 0. The topological polar surface area (TPSA) is 61.6 Å². The van der Waals surface area contributed by atoms with Gasteiger partial charge in [0.05, 0.1) is 11.2 Å². The zero-order valence-corrected chi connectivity index (χ0v) is 12.1. The van der Waals surface area contributed by atoms with Crippen molar-refractivity contribution in [2.45, 2.75) is 45.8 Å². The summed E-state index contributed by atoms with van der Waals surface area (Å²) in [6.45, 7) is 9.86. The number of benzene rings is 1. The van der Waals surface area contributed by atoms with E-state index in [-0.39, 0.29) is 0 Å². The average Bonchev–Trinajstić information content (AvgIpc) is 2.50. The highest BCUT2D eigenvalue weighted by Crippen LogP contribution is 2.36. The molecule has 5 heteroatoms. The smallest absolute Gasteiger partial charge is 0.399 e. The minimum atomic E-state index is -0.493. The molecular formula is C14H20BNO3. The second-order valence-corrected chi connectivity index (χ2v) is 6.03. The number of hydrogen-bond acceptors (Lipinski definition) is 4. The number of hydrogen-bond donors (Lipinski definition) is 1. The molecule has 0 amide bonds. The molecule has 2 rings (SSSR count). The number of nitrogens with two attached hydrogens (primary N) is 1. The zero-order chi connectivity index (χ0) is 14.4. The van der Waals surface area contributed by atoms with Gasteiger partial charge in [-0.1, -0.05) is 0 Å². The molecule has 0 bridgehead atoms. The third-order valence-corrected chi connectivity index (χ3v) is 4.14. The van der Waals surface area contributed by atoms with E-state index in [0.29, 0.717) is 11.3 Å². The lowest BCUT2D eigenvalue weighted by Gasteiger charge is -2.32. The zero-order valence-electron chi connectivity index (χ0n) is 12.1. The fourth-order valence-corrected chi connectivity index (χ4v) is 2.12. The lowest BCUT2D eigenvalue weighted by atomic mass is 9.75. The first-order valence-electron chi connectivity index (χ1n) is 6.39. The summed E-state index contributed by atoms with van der Waals surface area (Å²) in [5, 5.41) is 0. The minimum Gasteiger partial charge on any atom is -0.399 e. The predicted octanol–water partition coefficient (Wildman–Crippen LogP) is 1.69. The second kappa shape index (κ2) is 4.35. The van der Waals surface area contributed by atoms with Crippen LogP contribution in [0.25, 0.3) is 0 Å². The van der Waals surface area contributed by atoms with Crippen LogP contribution in [-0.2, 0) is 9.31 Å². The van der Waals surface area contributed by atoms with Crippen molar-refractivity contribution in [3.63, 3.8) is 0 Å². The molecule has 0 unspecified atom stereocenters. The number of rotatable bonds is 2. The fourth-order valence-electron chi connectivity index (χ4n) is 2.12. The van der Waals surface area contributed by atoms with Crippen LogP contribution in [0.3, 0.4) is 0 Å². The third-order valence-electron chi connectivity index (χ3n) is 4.14. The van der Waals surface area contributed by atoms with Crippen LogP contribution in [0.4, 0.5) is 5.69 Å². The van der Waals surface area contributed by atoms with Crippen LogP contribution in [0, 0.1) is 6.92 Å². The number of aldehydes is 1. The summed E-state index contributed by atoms with van der Waals surface area (Å²) in [4.78, 5) is 11.1. The molecule has 0 aliphatic carbocycles. The third kappa shape index (κ3) is 2.28. The average molecular weight is 261 g/mol. The van der Waals surface area contributed by atoms with Crippen molar-refractivity contribution in [1.29, 1.82) is 0 Å². The lowest BCUT2D eigenvalue weighted by molar-refractivity contribution is 0.00578. The SMILES string of the molecule is Cc1c(C=O)cc(N)cc1B1OC(C)(C)C(C)(C)O1. The Bertz CT molecular complexity index is 510. The molecule has 1 aliphatic heterocycles. The van der Waals surface area contributed by atoms with Crippen molar-refractivity contribution in [3.8, 4) is 0 Å². The monoisotopic (exact) mass is 261 g/mol. The summed E-state index contributed by atoms with van der Waals surface area (Å²) in [6, 6.07) is 3.47. The van der Waals surface area contributed by atoms with Gasteiger partial charge in [-0.2, -0.15) is 0 Å². The first-order valence-corrected chi connectivity index (χ1v) is 6.39. The van der Waals surface area contributed by atoms with E-state index in [4.69, 9.17) is 15.0 Å². The molecule has 4 nitrogen and oxygen atoms in total. The van der Waals surface area contributed by atoms with Gasteiger partial charge in [-0.25, -0.2) is 0 Å². The van der Waals surface area contributed by atoms with Crippen molar-refractivity contribution in [3.05, 3.63) is 23.3 Å². The van der Waals surface area contributed by atoms with E-state index in [1.54, 1.807) is 6.07 Å². The van der Waals surface area contributed by atoms with Gasteiger partial charge in [-0.05, 0) is 57.8 Å². The van der Waals surface area contributed by atoms with E-state index in [2.05, 4.69) is 0 Å². The quantitative estimate of drug-likeness (QED) is 0.500. The largest absolute Gasteiger partial charge is 0.495 e. The molecule has 1 saturated heterocycles. The van der Waals surface area contributed by atoms with Crippen LogP contribution in [0.5, 0.6) is 0 Å². The number of anilines is 1. The highest BCUT2D eigenvalue weighted by molar-refractivity contribution is 6.63. The maximum atomic E-state index is 11.1. The van der Waals surface area contributed by atoms with Crippen LogP contribution < -0.4 is 11.2 Å². The summed E-state index contributed by atoms with van der Waals surface area (Å²) >= 11 is 0. The van der Waals surface area contributed by atoms with Crippen molar-refractivity contribution < 1.29 is 14.1 Å². The van der Waals surface area contributed by atoms with Crippen LogP contribution >= 0.6 is 0 Å². The van der Waals surface area contributed by atoms with Gasteiger partial charge in [0.2, 0.25) is 0 Å². The minimum absolute atomic E-state index is 0.407. The van der Waals surface area contributed by atoms with Gasteiger partial charge in [0.25, 0.3) is 0 Å². The summed E-state index contributed by atoms with van der Waals surface area (Å²) in [5.41, 5.74) is 7.81. The molecule has 19 heavy (non-hydrogen) atoms. The Morgan fingerprint density at radius 1 is 1.16 bits per heavy atom. The standard InChI is InChI=1S/C14H20BNO3/c1-9-10(8-17)6-11(16)7-12(9)15-18-13(2,3)14(4,5)19-15/h6-8H,16H2,1-5H3. The van der Waals surface area contributed by atoms with Gasteiger partial charge in [0.15, 0.2) is 0 Å². The normalized spacial score (nSPS) is 20.6. The van der Waals surface area contributed by atoms with Crippen LogP contribution in [-0.4, -0.2) is 24.6 Å². The molecule has 0 aromatic heterocycles. The molecule has 0 atom stereocenters. The highest BCUT2D eigenvalue weighted by atomic mass is 16.7. The molecule has 0 radical (unpaired) electrons.